The smallest absolute Gasteiger partial charge is 0.321 e. The molecule has 0 bridgehead atoms. The van der Waals surface area contributed by atoms with E-state index in [1.165, 1.54) is 19.3 Å². The monoisotopic (exact) mass is 347 g/mol. The molecule has 0 spiro atoms. The number of amides is 3. The van der Waals surface area contributed by atoms with Crippen LogP contribution in [0.3, 0.4) is 0 Å². The van der Waals surface area contributed by atoms with E-state index in [0.717, 1.165) is 43.1 Å². The number of aryl methyl sites for hydroxylation is 1. The average Bonchev–Trinajstić information content (AvgIpc) is 2.81. The van der Waals surface area contributed by atoms with Crippen LogP contribution in [0.25, 0.3) is 0 Å². The molecule has 1 saturated heterocycles. The number of rotatable bonds is 6. The van der Waals surface area contributed by atoms with Gasteiger partial charge in [0, 0.05) is 18.8 Å². The van der Waals surface area contributed by atoms with Crippen molar-refractivity contribution in [2.45, 2.75) is 46.0 Å². The molecule has 1 heterocycles. The quantitative estimate of drug-likeness (QED) is 0.828. The summed E-state index contributed by atoms with van der Waals surface area (Å²) in [6.07, 6.45) is 5.82. The highest BCUT2D eigenvalue weighted by atomic mass is 16.5. The maximum Gasteiger partial charge on any atom is 0.321 e. The summed E-state index contributed by atoms with van der Waals surface area (Å²) in [5, 5.41) is 2.99. The summed E-state index contributed by atoms with van der Waals surface area (Å²) < 4.78 is 5.28. The van der Waals surface area contributed by atoms with Gasteiger partial charge >= 0.3 is 6.03 Å². The van der Waals surface area contributed by atoms with Crippen molar-refractivity contribution < 1.29 is 14.3 Å². The molecule has 6 nitrogen and oxygen atoms in total. The van der Waals surface area contributed by atoms with Gasteiger partial charge in [-0.25, -0.2) is 4.79 Å². The van der Waals surface area contributed by atoms with E-state index in [0.29, 0.717) is 5.75 Å². The van der Waals surface area contributed by atoms with Gasteiger partial charge in [-0.15, -0.1) is 0 Å². The molecule has 3 N–H and O–H groups in total. The largest absolute Gasteiger partial charge is 0.484 e. The van der Waals surface area contributed by atoms with Crippen LogP contribution in [0.2, 0.25) is 0 Å². The minimum Gasteiger partial charge on any atom is -0.484 e. The molecule has 1 aromatic carbocycles. The van der Waals surface area contributed by atoms with Crippen molar-refractivity contribution in [3.05, 3.63) is 23.8 Å². The third-order valence-electron chi connectivity index (χ3n) is 4.65. The Morgan fingerprint density at radius 2 is 2.12 bits per heavy atom. The number of likely N-dealkylation sites (tertiary alicyclic amines) is 1. The highest BCUT2D eigenvalue weighted by Crippen LogP contribution is 2.24. The number of nitrogens with zero attached hydrogens (tertiary/aromatic N) is 1. The molecule has 0 saturated carbocycles. The molecule has 1 aliphatic heterocycles. The Morgan fingerprint density at radius 1 is 1.32 bits per heavy atom. The second-order valence-corrected chi connectivity index (χ2v) is 6.73. The lowest BCUT2D eigenvalue weighted by molar-refractivity contribution is -0.119. The second kappa shape index (κ2) is 9.30. The highest BCUT2D eigenvalue weighted by Gasteiger charge is 2.20. The first-order chi connectivity index (χ1) is 12.0. The van der Waals surface area contributed by atoms with E-state index < -0.39 is 5.91 Å². The predicted molar refractivity (Wildman–Crippen MR) is 98.7 cm³/mol. The van der Waals surface area contributed by atoms with Crippen molar-refractivity contribution in [1.29, 1.82) is 0 Å². The van der Waals surface area contributed by atoms with E-state index in [-0.39, 0.29) is 12.6 Å². The SMILES string of the molecule is CCCC1CCCN(C(=O)Nc2ccc(OCC(N)=O)cc2C)CC1. The van der Waals surface area contributed by atoms with Crippen molar-refractivity contribution in [1.82, 2.24) is 4.90 Å². The number of hydrogen-bond acceptors (Lipinski definition) is 3. The van der Waals surface area contributed by atoms with Crippen molar-refractivity contribution in [2.24, 2.45) is 11.7 Å². The van der Waals surface area contributed by atoms with Crippen LogP contribution in [0.15, 0.2) is 18.2 Å². The molecule has 3 amide bonds. The zero-order valence-corrected chi connectivity index (χ0v) is 15.2. The van der Waals surface area contributed by atoms with Crippen LogP contribution in [0.1, 0.15) is 44.6 Å². The van der Waals surface area contributed by atoms with Crippen molar-refractivity contribution in [3.8, 4) is 5.75 Å². The fourth-order valence-corrected chi connectivity index (χ4v) is 3.28. The number of ether oxygens (including phenoxy) is 1. The molecular formula is C19H29N3O3. The maximum atomic E-state index is 12.6. The molecule has 0 aliphatic carbocycles. The average molecular weight is 347 g/mol. The van der Waals surface area contributed by atoms with Gasteiger partial charge in [0.1, 0.15) is 5.75 Å². The first kappa shape index (κ1) is 19.1. The van der Waals surface area contributed by atoms with Crippen LogP contribution >= 0.6 is 0 Å². The molecule has 6 heteroatoms. The highest BCUT2D eigenvalue weighted by molar-refractivity contribution is 5.90. The lowest BCUT2D eigenvalue weighted by atomic mass is 9.96. The Hall–Kier alpha value is -2.24. The molecule has 1 fully saturated rings. The van der Waals surface area contributed by atoms with Crippen LogP contribution in [0.4, 0.5) is 10.5 Å². The number of anilines is 1. The number of urea groups is 1. The summed E-state index contributed by atoms with van der Waals surface area (Å²) in [6, 6.07) is 5.26. The van der Waals surface area contributed by atoms with Crippen molar-refractivity contribution in [2.75, 3.05) is 25.0 Å². The van der Waals surface area contributed by atoms with E-state index >= 15 is 0 Å². The Kier molecular flexibility index (Phi) is 7.10. The summed E-state index contributed by atoms with van der Waals surface area (Å²) in [5.74, 6) is 0.787. The Morgan fingerprint density at radius 3 is 2.80 bits per heavy atom. The van der Waals surface area contributed by atoms with Gasteiger partial charge in [0.15, 0.2) is 6.61 Å². The number of nitrogens with one attached hydrogen (secondary N) is 1. The number of carbonyl (C=O) groups excluding carboxylic acids is 2. The minimum absolute atomic E-state index is 0.0500. The maximum absolute atomic E-state index is 12.6. The number of primary amides is 1. The standard InChI is InChI=1S/C19H29N3O3/c1-3-5-15-6-4-10-22(11-9-15)19(24)21-17-8-7-16(12-14(17)2)25-13-18(20)23/h7-8,12,15H,3-6,9-11,13H2,1-2H3,(H2,20,23)(H,21,24). The Bertz CT molecular complexity index is 604. The van der Waals surface area contributed by atoms with Crippen LogP contribution in [0, 0.1) is 12.8 Å². The molecule has 25 heavy (non-hydrogen) atoms. The minimum atomic E-state index is -0.516. The van der Waals surface area contributed by atoms with Crippen molar-refractivity contribution in [3.63, 3.8) is 0 Å². The van der Waals surface area contributed by atoms with Crippen LogP contribution in [-0.4, -0.2) is 36.5 Å². The predicted octanol–water partition coefficient (Wildman–Crippen LogP) is 3.29. The van der Waals surface area contributed by atoms with Gasteiger partial charge in [-0.05, 0) is 55.9 Å². The zero-order valence-electron chi connectivity index (χ0n) is 15.2. The molecule has 138 valence electrons. The molecule has 1 unspecified atom stereocenters. The van der Waals surface area contributed by atoms with Gasteiger partial charge in [-0.1, -0.05) is 19.8 Å². The first-order valence-corrected chi connectivity index (χ1v) is 9.07. The lowest BCUT2D eigenvalue weighted by Gasteiger charge is -2.22. The van der Waals surface area contributed by atoms with Gasteiger partial charge in [0.25, 0.3) is 5.91 Å². The van der Waals surface area contributed by atoms with E-state index in [1.54, 1.807) is 18.2 Å². The number of carbonyl (C=O) groups is 2. The molecule has 0 aromatic heterocycles. The van der Waals surface area contributed by atoms with Gasteiger partial charge < -0.3 is 20.7 Å². The second-order valence-electron chi connectivity index (χ2n) is 6.73. The van der Waals surface area contributed by atoms with Crippen LogP contribution in [0.5, 0.6) is 5.75 Å². The molecule has 1 aliphatic rings. The van der Waals surface area contributed by atoms with Gasteiger partial charge in [-0.2, -0.15) is 0 Å². The summed E-state index contributed by atoms with van der Waals surface area (Å²) in [7, 11) is 0. The lowest BCUT2D eigenvalue weighted by Crippen LogP contribution is -2.35. The van der Waals surface area contributed by atoms with Crippen molar-refractivity contribution >= 4 is 17.6 Å². The number of nitrogens with two attached hydrogens (primary N) is 1. The summed E-state index contributed by atoms with van der Waals surface area (Å²) >= 11 is 0. The molecule has 1 aromatic rings. The molecule has 2 rings (SSSR count). The van der Waals surface area contributed by atoms with Gasteiger partial charge in [0.05, 0.1) is 0 Å². The normalized spacial score (nSPS) is 17.7. The molecule has 0 radical (unpaired) electrons. The van der Waals surface area contributed by atoms with Gasteiger partial charge in [-0.3, -0.25) is 4.79 Å². The van der Waals surface area contributed by atoms with E-state index in [9.17, 15) is 9.59 Å². The first-order valence-electron chi connectivity index (χ1n) is 9.07. The molecular weight excluding hydrogens is 318 g/mol. The Labute approximate surface area is 149 Å². The molecule has 1 atom stereocenters. The van der Waals surface area contributed by atoms with Crippen LogP contribution in [-0.2, 0) is 4.79 Å². The van der Waals surface area contributed by atoms with E-state index in [1.807, 2.05) is 11.8 Å². The summed E-state index contributed by atoms with van der Waals surface area (Å²) in [4.78, 5) is 25.2. The third-order valence-corrected chi connectivity index (χ3v) is 4.65. The summed E-state index contributed by atoms with van der Waals surface area (Å²) in [6.45, 7) is 5.58. The Balaban J connectivity index is 1.92. The van der Waals surface area contributed by atoms with Crippen LogP contribution < -0.4 is 15.8 Å². The number of benzene rings is 1. The third kappa shape index (κ3) is 5.96. The fourth-order valence-electron chi connectivity index (χ4n) is 3.28. The fraction of sp³-hybridized carbons (Fsp3) is 0.579. The number of hydrogen-bond donors (Lipinski definition) is 2. The zero-order chi connectivity index (χ0) is 18.2. The van der Waals surface area contributed by atoms with E-state index in [4.69, 9.17) is 10.5 Å². The van der Waals surface area contributed by atoms with Gasteiger partial charge in [0.2, 0.25) is 0 Å². The summed E-state index contributed by atoms with van der Waals surface area (Å²) in [5.41, 5.74) is 6.71. The topological polar surface area (TPSA) is 84.7 Å². The van der Waals surface area contributed by atoms with E-state index in [2.05, 4.69) is 12.2 Å².